The average molecular weight is 301 g/mol. The van der Waals surface area contributed by atoms with Gasteiger partial charge in [-0.25, -0.2) is 0 Å². The van der Waals surface area contributed by atoms with Crippen LogP contribution in [0, 0.1) is 0 Å². The maximum absolute atomic E-state index is 9.13. The molecule has 4 heteroatoms. The molecule has 0 bridgehead atoms. The van der Waals surface area contributed by atoms with Gasteiger partial charge in [-0.3, -0.25) is 0 Å². The molecular weight excluding hydrogens is 284 g/mol. The van der Waals surface area contributed by atoms with E-state index in [4.69, 9.17) is 14.6 Å². The zero-order valence-electron chi connectivity index (χ0n) is 10.1. The first kappa shape index (κ1) is 14.1. The van der Waals surface area contributed by atoms with E-state index in [-0.39, 0.29) is 6.61 Å². The zero-order chi connectivity index (χ0) is 12.7. The summed E-state index contributed by atoms with van der Waals surface area (Å²) in [5.74, 6) is 1.32. The second kappa shape index (κ2) is 7.35. The lowest BCUT2D eigenvalue weighted by atomic mass is 10.2. The van der Waals surface area contributed by atoms with E-state index in [9.17, 15) is 0 Å². The van der Waals surface area contributed by atoms with Crippen LogP contribution in [0.25, 0.3) is 0 Å². The highest BCUT2D eigenvalue weighted by Crippen LogP contribution is 2.36. The summed E-state index contributed by atoms with van der Waals surface area (Å²) in [6, 6.07) is 3.62. The van der Waals surface area contributed by atoms with E-state index in [2.05, 4.69) is 15.9 Å². The van der Waals surface area contributed by atoms with Gasteiger partial charge in [0.1, 0.15) is 6.61 Å². The Labute approximate surface area is 110 Å². The van der Waals surface area contributed by atoms with Gasteiger partial charge in [0, 0.05) is 0 Å². The predicted molar refractivity (Wildman–Crippen MR) is 71.5 cm³/mol. The SMILES string of the molecule is C/C=C/COc1c(Br)cc(CO)cc1OCC. The Kier molecular flexibility index (Phi) is 6.08. The Morgan fingerprint density at radius 3 is 2.71 bits per heavy atom. The van der Waals surface area contributed by atoms with Crippen LogP contribution in [0.1, 0.15) is 19.4 Å². The molecule has 0 spiro atoms. The summed E-state index contributed by atoms with van der Waals surface area (Å²) in [5.41, 5.74) is 0.790. The molecule has 0 heterocycles. The van der Waals surface area contributed by atoms with Crippen LogP contribution in [0.5, 0.6) is 11.5 Å². The number of aliphatic hydroxyl groups excluding tert-OH is 1. The molecule has 0 saturated heterocycles. The number of ether oxygens (including phenoxy) is 2. The van der Waals surface area contributed by atoms with Crippen LogP contribution in [0.2, 0.25) is 0 Å². The lowest BCUT2D eigenvalue weighted by molar-refractivity contribution is 0.275. The first-order valence-electron chi connectivity index (χ1n) is 5.53. The summed E-state index contributed by atoms with van der Waals surface area (Å²) in [4.78, 5) is 0. The lowest BCUT2D eigenvalue weighted by Gasteiger charge is -2.14. The molecule has 0 aromatic heterocycles. The van der Waals surface area contributed by atoms with E-state index in [1.165, 1.54) is 0 Å². The van der Waals surface area contributed by atoms with Crippen LogP contribution in [-0.2, 0) is 6.61 Å². The molecule has 17 heavy (non-hydrogen) atoms. The first-order valence-corrected chi connectivity index (χ1v) is 6.32. The van der Waals surface area contributed by atoms with Crippen molar-refractivity contribution in [2.75, 3.05) is 13.2 Å². The van der Waals surface area contributed by atoms with E-state index in [1.54, 1.807) is 6.07 Å². The maximum Gasteiger partial charge on any atom is 0.175 e. The highest BCUT2D eigenvalue weighted by atomic mass is 79.9. The smallest absolute Gasteiger partial charge is 0.175 e. The molecule has 0 radical (unpaired) electrons. The molecule has 94 valence electrons. The Morgan fingerprint density at radius 2 is 2.12 bits per heavy atom. The number of aliphatic hydroxyl groups is 1. The molecule has 3 nitrogen and oxygen atoms in total. The van der Waals surface area contributed by atoms with Crippen LogP contribution in [0.15, 0.2) is 28.8 Å². The van der Waals surface area contributed by atoms with Crippen molar-refractivity contribution in [3.8, 4) is 11.5 Å². The molecule has 0 aliphatic rings. The number of rotatable bonds is 6. The minimum absolute atomic E-state index is 0.0200. The number of hydrogen-bond donors (Lipinski definition) is 1. The van der Waals surface area contributed by atoms with Gasteiger partial charge in [-0.05, 0) is 47.5 Å². The van der Waals surface area contributed by atoms with E-state index in [0.29, 0.717) is 24.7 Å². The van der Waals surface area contributed by atoms with Crippen molar-refractivity contribution in [1.29, 1.82) is 0 Å². The Morgan fingerprint density at radius 1 is 1.35 bits per heavy atom. The third-order valence-electron chi connectivity index (χ3n) is 2.11. The van der Waals surface area contributed by atoms with Crippen molar-refractivity contribution < 1.29 is 14.6 Å². The predicted octanol–water partition coefficient (Wildman–Crippen LogP) is 3.30. The second-order valence-electron chi connectivity index (χ2n) is 3.38. The van der Waals surface area contributed by atoms with Crippen molar-refractivity contribution >= 4 is 15.9 Å². The summed E-state index contributed by atoms with van der Waals surface area (Å²) >= 11 is 3.42. The summed E-state index contributed by atoms with van der Waals surface area (Å²) in [6.45, 7) is 4.88. The molecule has 0 fully saturated rings. The van der Waals surface area contributed by atoms with Crippen LogP contribution < -0.4 is 9.47 Å². The van der Waals surface area contributed by atoms with E-state index < -0.39 is 0 Å². The largest absolute Gasteiger partial charge is 0.490 e. The Hall–Kier alpha value is -1.00. The van der Waals surface area contributed by atoms with Crippen molar-refractivity contribution in [3.05, 3.63) is 34.3 Å². The molecule has 0 atom stereocenters. The number of allylic oxidation sites excluding steroid dienone is 1. The van der Waals surface area contributed by atoms with Crippen molar-refractivity contribution in [2.24, 2.45) is 0 Å². The lowest BCUT2D eigenvalue weighted by Crippen LogP contribution is -2.01. The van der Waals surface area contributed by atoms with Crippen LogP contribution >= 0.6 is 15.9 Å². The fourth-order valence-corrected chi connectivity index (χ4v) is 1.95. The fourth-order valence-electron chi connectivity index (χ4n) is 1.34. The number of benzene rings is 1. The Bertz CT molecular complexity index is 388. The minimum Gasteiger partial charge on any atom is -0.490 e. The van der Waals surface area contributed by atoms with E-state index in [1.807, 2.05) is 32.1 Å². The molecule has 1 rings (SSSR count). The summed E-state index contributed by atoms with van der Waals surface area (Å²) in [7, 11) is 0. The highest BCUT2D eigenvalue weighted by Gasteiger charge is 2.11. The molecular formula is C13H17BrO3. The maximum atomic E-state index is 9.13. The van der Waals surface area contributed by atoms with Gasteiger partial charge in [0.25, 0.3) is 0 Å². The quantitative estimate of drug-likeness (QED) is 0.819. The van der Waals surface area contributed by atoms with Gasteiger partial charge in [-0.2, -0.15) is 0 Å². The van der Waals surface area contributed by atoms with Gasteiger partial charge in [0.2, 0.25) is 0 Å². The van der Waals surface area contributed by atoms with Gasteiger partial charge >= 0.3 is 0 Å². The van der Waals surface area contributed by atoms with Gasteiger partial charge in [0.05, 0.1) is 17.7 Å². The van der Waals surface area contributed by atoms with E-state index in [0.717, 1.165) is 10.0 Å². The standard InChI is InChI=1S/C13H17BrO3/c1-3-5-6-17-13-11(14)7-10(9-15)8-12(13)16-4-2/h3,5,7-8,15H,4,6,9H2,1-2H3/b5-3+. The monoisotopic (exact) mass is 300 g/mol. The number of halogens is 1. The van der Waals surface area contributed by atoms with Gasteiger partial charge < -0.3 is 14.6 Å². The topological polar surface area (TPSA) is 38.7 Å². The minimum atomic E-state index is -0.0200. The Balaban J connectivity index is 2.98. The first-order chi connectivity index (χ1) is 8.22. The summed E-state index contributed by atoms with van der Waals surface area (Å²) in [6.07, 6.45) is 3.85. The molecule has 0 amide bonds. The fraction of sp³-hybridized carbons (Fsp3) is 0.385. The van der Waals surface area contributed by atoms with Crippen molar-refractivity contribution in [1.82, 2.24) is 0 Å². The molecule has 0 aliphatic heterocycles. The van der Waals surface area contributed by atoms with Gasteiger partial charge in [-0.15, -0.1) is 0 Å². The zero-order valence-corrected chi connectivity index (χ0v) is 11.7. The molecule has 0 aliphatic carbocycles. The average Bonchev–Trinajstić information content (AvgIpc) is 2.32. The van der Waals surface area contributed by atoms with Crippen LogP contribution in [0.4, 0.5) is 0 Å². The third-order valence-corrected chi connectivity index (χ3v) is 2.70. The summed E-state index contributed by atoms with van der Waals surface area (Å²) in [5, 5.41) is 9.13. The summed E-state index contributed by atoms with van der Waals surface area (Å²) < 4.78 is 11.9. The van der Waals surface area contributed by atoms with Crippen molar-refractivity contribution in [3.63, 3.8) is 0 Å². The van der Waals surface area contributed by atoms with Crippen molar-refractivity contribution in [2.45, 2.75) is 20.5 Å². The highest BCUT2D eigenvalue weighted by molar-refractivity contribution is 9.10. The van der Waals surface area contributed by atoms with E-state index >= 15 is 0 Å². The molecule has 0 saturated carbocycles. The van der Waals surface area contributed by atoms with Gasteiger partial charge in [-0.1, -0.05) is 12.2 Å². The van der Waals surface area contributed by atoms with Gasteiger partial charge in [0.15, 0.2) is 11.5 Å². The third kappa shape index (κ3) is 4.06. The molecule has 1 N–H and O–H groups in total. The molecule has 1 aromatic rings. The molecule has 1 aromatic carbocycles. The normalized spacial score (nSPS) is 10.8. The second-order valence-corrected chi connectivity index (χ2v) is 4.23. The number of hydrogen-bond acceptors (Lipinski definition) is 3. The van der Waals surface area contributed by atoms with Crippen LogP contribution in [0.3, 0.4) is 0 Å². The van der Waals surface area contributed by atoms with Crippen LogP contribution in [-0.4, -0.2) is 18.3 Å². The molecule has 0 unspecified atom stereocenters.